The quantitative estimate of drug-likeness (QED) is 0.0975. The zero-order chi connectivity index (χ0) is 30.9. The van der Waals surface area contributed by atoms with Crippen molar-refractivity contribution in [3.63, 3.8) is 0 Å². The van der Waals surface area contributed by atoms with Crippen LogP contribution in [0.5, 0.6) is 23.0 Å². The van der Waals surface area contributed by atoms with Gasteiger partial charge in [0.15, 0.2) is 13.2 Å². The van der Waals surface area contributed by atoms with E-state index in [2.05, 4.69) is 10.3 Å². The average molecular weight is 785 g/mol. The number of carboxylic acid groups (broad SMARTS) is 1. The van der Waals surface area contributed by atoms with E-state index < -0.39 is 16.1 Å². The van der Waals surface area contributed by atoms with Gasteiger partial charge in [-0.1, -0.05) is 46.1 Å². The third-order valence-corrected chi connectivity index (χ3v) is 3.42. The van der Waals surface area contributed by atoms with E-state index in [9.17, 15) is 10.2 Å². The number of ether oxygens (including phenoxy) is 2. The van der Waals surface area contributed by atoms with E-state index in [4.69, 9.17) is 59.7 Å². The molecule has 225 valence electrons. The van der Waals surface area contributed by atoms with Crippen LogP contribution in [0.1, 0.15) is 31.9 Å². The van der Waals surface area contributed by atoms with E-state index in [1.54, 1.807) is 50.2 Å². The molecule has 2 aromatic rings. The molecule has 0 bridgehead atoms. The Morgan fingerprint density at radius 1 is 0.786 bits per heavy atom. The summed E-state index contributed by atoms with van der Waals surface area (Å²) in [5.41, 5.74) is 0.726. The van der Waals surface area contributed by atoms with Gasteiger partial charge in [-0.25, -0.2) is 0 Å². The predicted octanol–water partition coefficient (Wildman–Crippen LogP) is 0.308. The molecule has 2 rings (SSSR count). The fourth-order valence-corrected chi connectivity index (χ4v) is 2.18. The third-order valence-electron chi connectivity index (χ3n) is 3.42. The molecule has 0 N–H and O–H groups in total. The van der Waals surface area contributed by atoms with E-state index >= 15 is 0 Å². The summed E-state index contributed by atoms with van der Waals surface area (Å²) in [5.74, 6) is -1.04. The molecule has 20 heteroatoms. The van der Waals surface area contributed by atoms with E-state index in [1.807, 2.05) is 0 Å². The predicted molar refractivity (Wildman–Crippen MR) is 133 cm³/mol. The van der Waals surface area contributed by atoms with Gasteiger partial charge in [-0.2, -0.15) is 0 Å². The van der Waals surface area contributed by atoms with Crippen LogP contribution < -0.4 is 24.8 Å². The van der Waals surface area contributed by atoms with E-state index in [0.29, 0.717) is 24.3 Å². The summed E-state index contributed by atoms with van der Waals surface area (Å²) in [6, 6.07) is 9.86. The number of aliphatic carboxylic acids is 1. The Balaban J connectivity index is -0.000000439. The van der Waals surface area contributed by atoms with E-state index in [1.165, 1.54) is 12.4 Å². The average Bonchev–Trinajstić information content (AvgIpc) is 2.84. The molecule has 0 aromatic heterocycles. The van der Waals surface area contributed by atoms with Crippen molar-refractivity contribution in [3.05, 3.63) is 78.2 Å². The summed E-state index contributed by atoms with van der Waals surface area (Å²) in [7, 11) is 0. The fourth-order valence-electron chi connectivity index (χ4n) is 2.18. The zero-order valence-electron chi connectivity index (χ0n) is 22.6. The first kappa shape index (κ1) is 45.4. The molecule has 0 fully saturated rings. The standard InChI is InChI=1S/C20H24N2O6.C2H4O2.2NO3.Sm.Zn/c1-3-25-17-9-5-7-15(19(17)23)13-21-27-11-12-28-22-14-16-8-6-10-18(20(16)24)26-4-2;1-2(3)4;2*2-1(3)4;;/h5-10,13-14,23-24H,3-4,11-12H2,1-2H3;1H3,(H,3,4);;;;/q;;2*-1;+3;+2/p-3/b21-13+,22-14+;;;;;. The van der Waals surface area contributed by atoms with Gasteiger partial charge in [0.2, 0.25) is 0 Å². The summed E-state index contributed by atoms with van der Waals surface area (Å²) in [5, 5.41) is 69.9. The first-order valence-electron chi connectivity index (χ1n) is 10.8. The molecule has 1 radical (unpaired) electrons. The molecule has 0 saturated heterocycles. The fraction of sp³-hybridized carbons (Fsp3) is 0.318. The Bertz CT molecular complexity index is 1000. The summed E-state index contributed by atoms with van der Waals surface area (Å²) in [6.45, 7) is 5.65. The molecule has 0 spiro atoms. The molecule has 0 amide bonds. The largest absolute Gasteiger partial charge is 3.00 e. The maximum atomic E-state index is 12.0. The molecule has 0 aliphatic carbocycles. The molecule has 0 heterocycles. The number of nitrogens with zero attached hydrogens (tertiary/aromatic N) is 4. The molecule has 0 unspecified atom stereocenters. The van der Waals surface area contributed by atoms with E-state index in [0.717, 1.165) is 6.92 Å². The summed E-state index contributed by atoms with van der Waals surface area (Å²) >= 11 is 0. The van der Waals surface area contributed by atoms with Crippen LogP contribution in [-0.4, -0.2) is 55.0 Å². The van der Waals surface area contributed by atoms with Crippen molar-refractivity contribution in [2.75, 3.05) is 26.4 Å². The Labute approximate surface area is 284 Å². The van der Waals surface area contributed by atoms with Crippen LogP contribution in [0.3, 0.4) is 0 Å². The maximum Gasteiger partial charge on any atom is 3.00 e. The minimum absolute atomic E-state index is 0. The van der Waals surface area contributed by atoms with Gasteiger partial charge < -0.3 is 69.9 Å². The number of oxime groups is 2. The van der Waals surface area contributed by atoms with Crippen LogP contribution >= 0.6 is 0 Å². The van der Waals surface area contributed by atoms with Crippen LogP contribution in [0.2, 0.25) is 0 Å². The van der Waals surface area contributed by atoms with Crippen molar-refractivity contribution in [1.82, 2.24) is 0 Å². The van der Waals surface area contributed by atoms with Gasteiger partial charge in [0.1, 0.15) is 11.5 Å². The second-order valence-corrected chi connectivity index (χ2v) is 6.29. The number of carboxylic acids is 1. The summed E-state index contributed by atoms with van der Waals surface area (Å²) in [4.78, 5) is 35.4. The number of hydrogen-bond acceptors (Lipinski definition) is 16. The van der Waals surface area contributed by atoms with Gasteiger partial charge in [-0.15, -0.1) is 0 Å². The number of hydrogen-bond donors (Lipinski definition) is 0. The first-order valence-corrected chi connectivity index (χ1v) is 10.8. The van der Waals surface area contributed by atoms with Crippen LogP contribution in [-0.2, 0) is 33.9 Å². The normalized spacial score (nSPS) is 9.12. The monoisotopic (exact) mass is 785 g/mol. The van der Waals surface area contributed by atoms with Crippen LogP contribution in [0.15, 0.2) is 46.7 Å². The Morgan fingerprint density at radius 3 is 1.33 bits per heavy atom. The number of carbonyl (C=O) groups excluding carboxylic acids is 1. The summed E-state index contributed by atoms with van der Waals surface area (Å²) < 4.78 is 10.5. The van der Waals surface area contributed by atoms with Gasteiger partial charge in [0.25, 0.3) is 0 Å². The Morgan fingerprint density at radius 2 is 1.07 bits per heavy atom. The molecule has 42 heavy (non-hydrogen) atoms. The van der Waals surface area contributed by atoms with Crippen molar-refractivity contribution in [2.45, 2.75) is 20.8 Å². The molecule has 0 atom stereocenters. The van der Waals surface area contributed by atoms with Crippen LogP contribution in [0.25, 0.3) is 0 Å². The topological polar surface area (TPSA) is 280 Å². The third kappa shape index (κ3) is 26.6. The van der Waals surface area contributed by atoms with Crippen molar-refractivity contribution in [1.29, 1.82) is 0 Å². The van der Waals surface area contributed by atoms with Gasteiger partial charge in [-0.3, -0.25) is 0 Å². The molecular formula is C22H25N4O14SmZn. The number of carbonyl (C=O) groups is 1. The molecule has 0 aliphatic heterocycles. The zero-order valence-corrected chi connectivity index (χ0v) is 28.2. The SMILES string of the molecule is CC(=O)[O-].CCOc1cccc(/C=N/OCCO/N=C/c2cccc(OCC)c2[O-])c1[O-].O=[N+]([O-])[O-].O=[N+]([O-])[O-].[Sm+3].[Zn+2]. The van der Waals surface area contributed by atoms with Crippen molar-refractivity contribution < 1.29 is 109 Å². The smallest absolute Gasteiger partial charge is 0.870 e. The van der Waals surface area contributed by atoms with Gasteiger partial charge >= 0.3 is 59.9 Å². The minimum Gasteiger partial charge on any atom is -0.870 e. The maximum absolute atomic E-state index is 12.0. The summed E-state index contributed by atoms with van der Waals surface area (Å²) in [6.07, 6.45) is 2.63. The number of rotatable bonds is 11. The van der Waals surface area contributed by atoms with E-state index in [-0.39, 0.29) is 96.1 Å². The van der Waals surface area contributed by atoms with Crippen LogP contribution in [0.4, 0.5) is 0 Å². The Hall–Kier alpha value is -3.59. The van der Waals surface area contributed by atoms with Crippen LogP contribution in [0, 0.1) is 71.0 Å². The second kappa shape index (κ2) is 28.9. The molecule has 0 aliphatic rings. The molecule has 2 aromatic carbocycles. The molecular weight excluding hydrogens is 760 g/mol. The van der Waals surface area contributed by atoms with Gasteiger partial charge in [0, 0.05) is 5.97 Å². The van der Waals surface area contributed by atoms with Crippen molar-refractivity contribution in [2.24, 2.45) is 10.3 Å². The number of benzene rings is 2. The number of para-hydroxylation sites is 2. The first-order chi connectivity index (χ1) is 18.9. The van der Waals surface area contributed by atoms with Crippen molar-refractivity contribution in [3.8, 4) is 23.0 Å². The van der Waals surface area contributed by atoms with Crippen molar-refractivity contribution >= 4 is 18.4 Å². The Kier molecular flexibility index (Phi) is 31.3. The van der Waals surface area contributed by atoms with Gasteiger partial charge in [0.05, 0.1) is 35.8 Å². The second-order valence-electron chi connectivity index (χ2n) is 6.29. The minimum atomic E-state index is -1.75. The van der Waals surface area contributed by atoms with Gasteiger partial charge in [-0.05, 0) is 44.0 Å². The molecule has 0 saturated carbocycles. The molecule has 18 nitrogen and oxygen atoms in total.